The van der Waals surface area contributed by atoms with E-state index in [0.29, 0.717) is 13.0 Å². The van der Waals surface area contributed by atoms with Gasteiger partial charge in [-0.25, -0.2) is 4.79 Å². The van der Waals surface area contributed by atoms with Gasteiger partial charge in [-0.2, -0.15) is 0 Å². The summed E-state index contributed by atoms with van der Waals surface area (Å²) >= 11 is 0. The Morgan fingerprint density at radius 3 is 2.39 bits per heavy atom. The Bertz CT molecular complexity index is 595. The van der Waals surface area contributed by atoms with Crippen molar-refractivity contribution in [3.8, 4) is 0 Å². The van der Waals surface area contributed by atoms with Gasteiger partial charge in [0.15, 0.2) is 0 Å². The van der Waals surface area contributed by atoms with Crippen molar-refractivity contribution >= 4 is 17.9 Å². The predicted molar refractivity (Wildman–Crippen MR) is 85.2 cm³/mol. The topological polar surface area (TPSA) is 84.7 Å². The molecule has 1 aliphatic rings. The van der Waals surface area contributed by atoms with Gasteiger partial charge in [-0.3, -0.25) is 15.0 Å². The van der Waals surface area contributed by atoms with E-state index in [1.807, 2.05) is 20.8 Å². The van der Waals surface area contributed by atoms with E-state index in [1.165, 1.54) is 4.90 Å². The van der Waals surface area contributed by atoms with E-state index < -0.39 is 17.7 Å². The number of rotatable bonds is 2. The first-order valence-corrected chi connectivity index (χ1v) is 7.75. The highest BCUT2D eigenvalue weighted by atomic mass is 16.6. The summed E-state index contributed by atoms with van der Waals surface area (Å²) in [6.45, 7) is 11.9. The Balaban J connectivity index is 1.96. The van der Waals surface area contributed by atoms with E-state index >= 15 is 0 Å². The summed E-state index contributed by atoms with van der Waals surface area (Å²) in [6.07, 6.45) is 0.127. The van der Waals surface area contributed by atoms with Gasteiger partial charge < -0.3 is 9.26 Å². The fraction of sp³-hybridized carbons (Fsp3) is 0.688. The number of nitrogens with zero attached hydrogens (tertiary/aromatic N) is 2. The molecule has 2 rings (SSSR count). The van der Waals surface area contributed by atoms with E-state index in [1.54, 1.807) is 26.8 Å². The van der Waals surface area contributed by atoms with Crippen LogP contribution in [0.25, 0.3) is 0 Å². The largest absolute Gasteiger partial charge is 0.444 e. The van der Waals surface area contributed by atoms with Crippen LogP contribution in [0.1, 0.15) is 53.7 Å². The third kappa shape index (κ3) is 4.24. The molecule has 0 saturated carbocycles. The second-order valence-electron chi connectivity index (χ2n) is 7.79. The van der Waals surface area contributed by atoms with Crippen molar-refractivity contribution in [3.05, 3.63) is 11.8 Å². The molecular formula is C16H25N3O4. The Hall–Kier alpha value is -2.05. The number of carbonyl (C=O) groups is 2. The van der Waals surface area contributed by atoms with Crippen LogP contribution in [-0.2, 0) is 14.9 Å². The summed E-state index contributed by atoms with van der Waals surface area (Å²) in [5.41, 5.74) is 0.0107. The normalized spacial score (nSPS) is 18.3. The number of likely N-dealkylation sites (tertiary alicyclic amines) is 1. The molecule has 7 nitrogen and oxygen atoms in total. The molecule has 0 bridgehead atoms. The van der Waals surface area contributed by atoms with Crippen LogP contribution in [0.5, 0.6) is 0 Å². The maximum absolute atomic E-state index is 12.3. The molecule has 0 radical (unpaired) electrons. The van der Waals surface area contributed by atoms with E-state index in [-0.39, 0.29) is 17.2 Å². The molecule has 1 aromatic rings. The highest BCUT2D eigenvalue weighted by Crippen LogP contribution is 2.26. The molecule has 1 aromatic heterocycles. The number of amides is 2. The van der Waals surface area contributed by atoms with Gasteiger partial charge in [0.05, 0.1) is 5.69 Å². The van der Waals surface area contributed by atoms with E-state index in [0.717, 1.165) is 5.69 Å². The SMILES string of the molecule is CC(C)(C)OC(=O)N1CCC1C(=O)Nc1cc(C(C)(C)C)no1. The highest BCUT2D eigenvalue weighted by molar-refractivity contribution is 5.96. The van der Waals surface area contributed by atoms with Gasteiger partial charge >= 0.3 is 6.09 Å². The van der Waals surface area contributed by atoms with Crippen molar-refractivity contribution in [1.82, 2.24) is 10.1 Å². The summed E-state index contributed by atoms with van der Waals surface area (Å²) in [4.78, 5) is 25.7. The van der Waals surface area contributed by atoms with Crippen LogP contribution < -0.4 is 5.32 Å². The summed E-state index contributed by atoms with van der Waals surface area (Å²) in [5.74, 6) is -0.00492. The number of carbonyl (C=O) groups excluding carboxylic acids is 2. The van der Waals surface area contributed by atoms with Gasteiger partial charge in [-0.15, -0.1) is 0 Å². The van der Waals surface area contributed by atoms with Crippen molar-refractivity contribution in [2.45, 2.75) is 65.0 Å². The molecule has 0 spiro atoms. The lowest BCUT2D eigenvalue weighted by molar-refractivity contribution is -0.125. The smallest absolute Gasteiger partial charge is 0.410 e. The van der Waals surface area contributed by atoms with Crippen LogP contribution in [0, 0.1) is 0 Å². The van der Waals surface area contributed by atoms with Gasteiger partial charge in [0, 0.05) is 18.0 Å². The molecule has 23 heavy (non-hydrogen) atoms. The number of anilines is 1. The molecule has 128 valence electrons. The molecule has 2 heterocycles. The molecule has 1 N–H and O–H groups in total. The minimum atomic E-state index is -0.583. The third-order valence-electron chi connectivity index (χ3n) is 3.48. The molecule has 2 amide bonds. The molecule has 1 unspecified atom stereocenters. The minimum Gasteiger partial charge on any atom is -0.444 e. The Labute approximate surface area is 136 Å². The zero-order chi connectivity index (χ0) is 17.4. The summed E-state index contributed by atoms with van der Waals surface area (Å²) in [7, 11) is 0. The van der Waals surface area contributed by atoms with Crippen molar-refractivity contribution in [2.24, 2.45) is 0 Å². The molecule has 1 atom stereocenters. The van der Waals surface area contributed by atoms with Crippen LogP contribution in [0.3, 0.4) is 0 Å². The fourth-order valence-electron chi connectivity index (χ4n) is 2.09. The molecular weight excluding hydrogens is 298 g/mol. The van der Waals surface area contributed by atoms with Crippen molar-refractivity contribution < 1.29 is 18.8 Å². The first-order chi connectivity index (χ1) is 10.5. The number of aromatic nitrogens is 1. The highest BCUT2D eigenvalue weighted by Gasteiger charge is 2.40. The van der Waals surface area contributed by atoms with Gasteiger partial charge in [-0.05, 0) is 27.2 Å². The lowest BCUT2D eigenvalue weighted by atomic mass is 9.92. The van der Waals surface area contributed by atoms with Crippen LogP contribution in [-0.4, -0.2) is 40.2 Å². The summed E-state index contributed by atoms with van der Waals surface area (Å²) in [6, 6.07) is 1.17. The van der Waals surface area contributed by atoms with Crippen LogP contribution in [0.15, 0.2) is 10.6 Å². The zero-order valence-electron chi connectivity index (χ0n) is 14.6. The minimum absolute atomic E-state index is 0.161. The first kappa shape index (κ1) is 17.3. The van der Waals surface area contributed by atoms with E-state index in [4.69, 9.17) is 9.26 Å². The molecule has 0 aliphatic carbocycles. The lowest BCUT2D eigenvalue weighted by Gasteiger charge is -2.39. The number of hydrogen-bond donors (Lipinski definition) is 1. The van der Waals surface area contributed by atoms with E-state index in [2.05, 4.69) is 10.5 Å². The third-order valence-corrected chi connectivity index (χ3v) is 3.48. The van der Waals surface area contributed by atoms with Crippen molar-refractivity contribution in [3.63, 3.8) is 0 Å². The standard InChI is InChI=1S/C16H25N3O4/c1-15(2,3)11-9-12(23-18-11)17-13(20)10-7-8-19(10)14(21)22-16(4,5)6/h9-10H,7-8H2,1-6H3,(H,17,20). The Kier molecular flexibility index (Phi) is 4.41. The van der Waals surface area contributed by atoms with Crippen molar-refractivity contribution in [2.75, 3.05) is 11.9 Å². The maximum Gasteiger partial charge on any atom is 0.410 e. The summed E-state index contributed by atoms with van der Waals surface area (Å²) < 4.78 is 10.4. The van der Waals surface area contributed by atoms with Crippen molar-refractivity contribution in [1.29, 1.82) is 0 Å². The van der Waals surface area contributed by atoms with Crippen LogP contribution in [0.4, 0.5) is 10.7 Å². The van der Waals surface area contributed by atoms with Crippen LogP contribution >= 0.6 is 0 Å². The molecule has 0 aromatic carbocycles. The number of ether oxygens (including phenoxy) is 1. The lowest BCUT2D eigenvalue weighted by Crippen LogP contribution is -2.57. The summed E-state index contributed by atoms with van der Waals surface area (Å²) in [5, 5.41) is 6.62. The van der Waals surface area contributed by atoms with Gasteiger partial charge in [-0.1, -0.05) is 25.9 Å². The average molecular weight is 323 g/mol. The molecule has 1 fully saturated rings. The second kappa shape index (κ2) is 5.86. The molecule has 7 heteroatoms. The van der Waals surface area contributed by atoms with E-state index in [9.17, 15) is 9.59 Å². The number of nitrogens with one attached hydrogen (secondary N) is 1. The second-order valence-corrected chi connectivity index (χ2v) is 7.79. The fourth-order valence-corrected chi connectivity index (χ4v) is 2.09. The van der Waals surface area contributed by atoms with Gasteiger partial charge in [0.25, 0.3) is 0 Å². The zero-order valence-corrected chi connectivity index (χ0v) is 14.6. The molecule has 1 aliphatic heterocycles. The monoisotopic (exact) mass is 323 g/mol. The average Bonchev–Trinajstić information content (AvgIpc) is 2.72. The molecule has 1 saturated heterocycles. The Morgan fingerprint density at radius 2 is 1.96 bits per heavy atom. The first-order valence-electron chi connectivity index (χ1n) is 7.75. The maximum atomic E-state index is 12.3. The Morgan fingerprint density at radius 1 is 1.30 bits per heavy atom. The number of hydrogen-bond acceptors (Lipinski definition) is 5. The van der Waals surface area contributed by atoms with Gasteiger partial charge in [0.1, 0.15) is 11.6 Å². The van der Waals surface area contributed by atoms with Crippen LogP contribution in [0.2, 0.25) is 0 Å². The predicted octanol–water partition coefficient (Wildman–Crippen LogP) is 2.92. The quantitative estimate of drug-likeness (QED) is 0.904. The van der Waals surface area contributed by atoms with Gasteiger partial charge in [0.2, 0.25) is 11.8 Å².